The molecule has 2 nitrogen and oxygen atoms in total. The van der Waals surface area contributed by atoms with Gasteiger partial charge in [-0.05, 0) is 41.8 Å². The van der Waals surface area contributed by atoms with Crippen molar-refractivity contribution in [2.24, 2.45) is 5.84 Å². The molecule has 0 radical (unpaired) electrons. The first-order valence-corrected chi connectivity index (χ1v) is 6.93. The van der Waals surface area contributed by atoms with Crippen molar-refractivity contribution in [2.75, 3.05) is 0 Å². The first-order valence-electron chi connectivity index (χ1n) is 5.75. The van der Waals surface area contributed by atoms with Gasteiger partial charge in [-0.2, -0.15) is 0 Å². The Balaban J connectivity index is 2.22. The third-order valence-corrected chi connectivity index (χ3v) is 3.81. The Kier molecular flexibility index (Phi) is 4.93. The normalized spacial score (nSPS) is 12.4. The Bertz CT molecular complexity index is 560. The lowest BCUT2D eigenvalue weighted by atomic mass is 9.99. The minimum Gasteiger partial charge on any atom is -0.271 e. The summed E-state index contributed by atoms with van der Waals surface area (Å²) in [6.07, 6.45) is 0.664. The minimum absolute atomic E-state index is 0.0721. The molecule has 0 aliphatic carbocycles. The Hall–Kier alpha value is -0.940. The van der Waals surface area contributed by atoms with Crippen LogP contribution in [0.2, 0.25) is 5.02 Å². The van der Waals surface area contributed by atoms with Crippen molar-refractivity contribution in [1.29, 1.82) is 0 Å². The maximum absolute atomic E-state index is 12.9. The van der Waals surface area contributed by atoms with Gasteiger partial charge in [-0.15, -0.1) is 0 Å². The van der Waals surface area contributed by atoms with Crippen LogP contribution in [0.4, 0.5) is 4.39 Å². The summed E-state index contributed by atoms with van der Waals surface area (Å²) in [7, 11) is 0. The highest BCUT2D eigenvalue weighted by atomic mass is 79.9. The molecule has 0 saturated carbocycles. The van der Waals surface area contributed by atoms with Crippen molar-refractivity contribution >= 4 is 27.5 Å². The Labute approximate surface area is 124 Å². The Morgan fingerprint density at radius 2 is 1.89 bits per heavy atom. The third-order valence-electron chi connectivity index (χ3n) is 2.89. The minimum atomic E-state index is -0.242. The van der Waals surface area contributed by atoms with Crippen molar-refractivity contribution in [1.82, 2.24) is 5.43 Å². The average Bonchev–Trinajstić information content (AvgIpc) is 2.39. The second-order valence-corrected chi connectivity index (χ2v) is 5.51. The van der Waals surface area contributed by atoms with E-state index in [1.54, 1.807) is 12.1 Å². The van der Waals surface area contributed by atoms with E-state index in [-0.39, 0.29) is 11.9 Å². The van der Waals surface area contributed by atoms with Crippen LogP contribution in [0, 0.1) is 5.82 Å². The molecule has 0 amide bonds. The maximum atomic E-state index is 12.9. The summed E-state index contributed by atoms with van der Waals surface area (Å²) in [5.74, 6) is 5.37. The standard InChI is InChI=1S/C14H13BrClFN2/c15-13-8-10(16)3-6-12(13)14(19-18)7-9-1-4-11(17)5-2-9/h1-6,8,14,19H,7,18H2. The lowest BCUT2D eigenvalue weighted by molar-refractivity contribution is 0.549. The second kappa shape index (κ2) is 6.48. The van der Waals surface area contributed by atoms with E-state index < -0.39 is 0 Å². The molecule has 100 valence electrons. The highest BCUT2D eigenvalue weighted by Crippen LogP contribution is 2.28. The zero-order chi connectivity index (χ0) is 13.8. The molecule has 0 heterocycles. The molecule has 2 aromatic rings. The molecule has 0 aliphatic rings. The predicted octanol–water partition coefficient (Wildman–Crippen LogP) is 3.99. The second-order valence-electron chi connectivity index (χ2n) is 4.22. The van der Waals surface area contributed by atoms with Crippen LogP contribution < -0.4 is 11.3 Å². The SMILES string of the molecule is NNC(Cc1ccc(F)cc1)c1ccc(Cl)cc1Br. The van der Waals surface area contributed by atoms with E-state index >= 15 is 0 Å². The van der Waals surface area contributed by atoms with E-state index in [1.807, 2.05) is 18.2 Å². The van der Waals surface area contributed by atoms with E-state index in [4.69, 9.17) is 17.4 Å². The summed E-state index contributed by atoms with van der Waals surface area (Å²) < 4.78 is 13.8. The van der Waals surface area contributed by atoms with Gasteiger partial charge >= 0.3 is 0 Å². The molecule has 5 heteroatoms. The van der Waals surface area contributed by atoms with Crippen LogP contribution in [0.25, 0.3) is 0 Å². The molecule has 19 heavy (non-hydrogen) atoms. The van der Waals surface area contributed by atoms with Crippen molar-refractivity contribution in [3.05, 3.63) is 68.9 Å². The van der Waals surface area contributed by atoms with E-state index in [2.05, 4.69) is 21.4 Å². The summed E-state index contributed by atoms with van der Waals surface area (Å²) in [4.78, 5) is 0. The van der Waals surface area contributed by atoms with E-state index in [0.29, 0.717) is 11.4 Å². The maximum Gasteiger partial charge on any atom is 0.123 e. The zero-order valence-corrected chi connectivity index (χ0v) is 12.4. The number of benzene rings is 2. The number of nitrogens with two attached hydrogens (primary N) is 1. The van der Waals surface area contributed by atoms with Crippen LogP contribution in [-0.2, 0) is 6.42 Å². The summed E-state index contributed by atoms with van der Waals surface area (Å²) in [6, 6.07) is 11.9. The highest BCUT2D eigenvalue weighted by Gasteiger charge is 2.14. The fraction of sp³-hybridized carbons (Fsp3) is 0.143. The molecule has 0 saturated heterocycles. The van der Waals surface area contributed by atoms with E-state index in [1.165, 1.54) is 12.1 Å². The topological polar surface area (TPSA) is 38.0 Å². The van der Waals surface area contributed by atoms with Gasteiger partial charge in [-0.1, -0.05) is 45.7 Å². The molecule has 0 fully saturated rings. The van der Waals surface area contributed by atoms with Gasteiger partial charge in [0.15, 0.2) is 0 Å². The number of nitrogens with one attached hydrogen (secondary N) is 1. The smallest absolute Gasteiger partial charge is 0.123 e. The number of hydrazine groups is 1. The zero-order valence-electron chi connectivity index (χ0n) is 10.0. The van der Waals surface area contributed by atoms with Gasteiger partial charge < -0.3 is 0 Å². The first kappa shape index (κ1) is 14.5. The van der Waals surface area contributed by atoms with E-state index in [0.717, 1.165) is 15.6 Å². The van der Waals surface area contributed by atoms with Gasteiger partial charge in [-0.3, -0.25) is 11.3 Å². The Morgan fingerprint density at radius 3 is 2.47 bits per heavy atom. The molecule has 0 aliphatic heterocycles. The van der Waals surface area contributed by atoms with Crippen LogP contribution in [0.15, 0.2) is 46.9 Å². The van der Waals surface area contributed by atoms with Gasteiger partial charge in [0.2, 0.25) is 0 Å². The van der Waals surface area contributed by atoms with Crippen molar-refractivity contribution in [3.63, 3.8) is 0 Å². The molecule has 0 aromatic heterocycles. The predicted molar refractivity (Wildman–Crippen MR) is 79.3 cm³/mol. The van der Waals surface area contributed by atoms with Gasteiger partial charge in [-0.25, -0.2) is 4.39 Å². The van der Waals surface area contributed by atoms with Crippen LogP contribution in [0.5, 0.6) is 0 Å². The largest absolute Gasteiger partial charge is 0.271 e. The summed E-state index contributed by atoms with van der Waals surface area (Å²) in [5, 5.41) is 0.660. The fourth-order valence-electron chi connectivity index (χ4n) is 1.90. The highest BCUT2D eigenvalue weighted by molar-refractivity contribution is 9.10. The summed E-state index contributed by atoms with van der Waals surface area (Å²) in [5.41, 5.74) is 4.79. The lowest BCUT2D eigenvalue weighted by Crippen LogP contribution is -2.29. The summed E-state index contributed by atoms with van der Waals surface area (Å²) >= 11 is 9.39. The van der Waals surface area contributed by atoms with Crippen LogP contribution >= 0.6 is 27.5 Å². The van der Waals surface area contributed by atoms with Gasteiger partial charge in [0, 0.05) is 9.50 Å². The molecule has 1 atom stereocenters. The number of rotatable bonds is 4. The summed E-state index contributed by atoms with van der Waals surface area (Å²) in [6.45, 7) is 0. The van der Waals surface area contributed by atoms with Crippen LogP contribution in [0.3, 0.4) is 0 Å². The monoisotopic (exact) mass is 342 g/mol. The van der Waals surface area contributed by atoms with Crippen LogP contribution in [0.1, 0.15) is 17.2 Å². The third kappa shape index (κ3) is 3.76. The van der Waals surface area contributed by atoms with Crippen molar-refractivity contribution in [3.8, 4) is 0 Å². The van der Waals surface area contributed by atoms with E-state index in [9.17, 15) is 4.39 Å². The average molecular weight is 344 g/mol. The number of hydrogen-bond donors (Lipinski definition) is 2. The number of halogens is 3. The fourth-order valence-corrected chi connectivity index (χ4v) is 2.86. The molecule has 2 aromatic carbocycles. The van der Waals surface area contributed by atoms with Gasteiger partial charge in [0.25, 0.3) is 0 Å². The molecule has 1 unspecified atom stereocenters. The molecule has 0 spiro atoms. The molecule has 2 rings (SSSR count). The number of hydrogen-bond acceptors (Lipinski definition) is 2. The van der Waals surface area contributed by atoms with Gasteiger partial charge in [0.1, 0.15) is 5.82 Å². The molecule has 0 bridgehead atoms. The molecular formula is C14H13BrClFN2. The van der Waals surface area contributed by atoms with Gasteiger partial charge in [0.05, 0.1) is 6.04 Å². The van der Waals surface area contributed by atoms with Crippen molar-refractivity contribution < 1.29 is 4.39 Å². The van der Waals surface area contributed by atoms with Crippen molar-refractivity contribution in [2.45, 2.75) is 12.5 Å². The molecular weight excluding hydrogens is 331 g/mol. The Morgan fingerprint density at radius 1 is 1.21 bits per heavy atom. The van der Waals surface area contributed by atoms with Crippen LogP contribution in [-0.4, -0.2) is 0 Å². The quantitative estimate of drug-likeness (QED) is 0.651. The lowest BCUT2D eigenvalue weighted by Gasteiger charge is -2.18. The molecule has 3 N–H and O–H groups in total. The first-order chi connectivity index (χ1) is 9.10.